The van der Waals surface area contributed by atoms with Gasteiger partial charge < -0.3 is 15.7 Å². The van der Waals surface area contributed by atoms with Crippen molar-refractivity contribution >= 4 is 29.1 Å². The van der Waals surface area contributed by atoms with Gasteiger partial charge in [0.15, 0.2) is 0 Å². The van der Waals surface area contributed by atoms with Crippen LogP contribution in [0.4, 0.5) is 0 Å². The molecule has 0 spiro atoms. The molecule has 0 saturated carbocycles. The molecule has 9 nitrogen and oxygen atoms in total. The maximum atomic E-state index is 12.4. The van der Waals surface area contributed by atoms with E-state index in [1.54, 1.807) is 0 Å². The van der Waals surface area contributed by atoms with Crippen molar-refractivity contribution in [2.45, 2.75) is 52.2 Å². The minimum Gasteiger partial charge on any atom is -0.479 e. The predicted octanol–water partition coefficient (Wildman–Crippen LogP) is 0.129. The van der Waals surface area contributed by atoms with Crippen molar-refractivity contribution in [3.63, 3.8) is 0 Å². The largest absolute Gasteiger partial charge is 0.479 e. The minimum atomic E-state index is -2.42. The van der Waals surface area contributed by atoms with Gasteiger partial charge in [0.2, 0.25) is 5.91 Å². The van der Waals surface area contributed by atoms with E-state index in [-0.39, 0.29) is 5.92 Å². The molecular formula is C15H26N2O7S. The third-order valence-electron chi connectivity index (χ3n) is 3.63. The first-order valence-electron chi connectivity index (χ1n) is 8.15. The van der Waals surface area contributed by atoms with Crippen LogP contribution < -0.4 is 10.6 Å². The molecule has 10 heteroatoms. The summed E-state index contributed by atoms with van der Waals surface area (Å²) in [7, 11) is 0. The molecule has 0 aromatic heterocycles. The molecule has 25 heavy (non-hydrogen) atoms. The molecule has 1 unspecified atom stereocenters. The lowest BCUT2D eigenvalue weighted by Crippen LogP contribution is -2.59. The molecule has 0 bridgehead atoms. The Hall–Kier alpha value is -1.52. The van der Waals surface area contributed by atoms with E-state index in [1.165, 1.54) is 0 Å². The van der Waals surface area contributed by atoms with Crippen molar-refractivity contribution in [2.75, 3.05) is 13.2 Å². The summed E-state index contributed by atoms with van der Waals surface area (Å²) >= 11 is -2.32. The number of hydrogen-bond donors (Lipinski definition) is 3. The van der Waals surface area contributed by atoms with E-state index in [1.807, 2.05) is 27.7 Å². The number of aliphatic carboxylic acids is 1. The average molecular weight is 378 g/mol. The molecule has 144 valence electrons. The maximum Gasteiger partial charge on any atom is 0.350 e. The standard InChI is InChI=1S/C15H26N2O7S/c1-9(2)5-6-16-12(18)11(7-10(3)4)17-13(19)15(14(20)21)8-23-25(22)24-15/h9-11H,5-8H2,1-4H3,(H,16,18)(H,17,19)(H,20,21)/t11-,15+,25?/m0/s1. The smallest absolute Gasteiger partial charge is 0.350 e. The second kappa shape index (κ2) is 9.25. The van der Waals surface area contributed by atoms with Gasteiger partial charge >= 0.3 is 17.3 Å². The molecule has 3 N–H and O–H groups in total. The molecule has 0 aliphatic carbocycles. The lowest BCUT2D eigenvalue weighted by molar-refractivity contribution is -0.162. The number of carbonyl (C=O) groups is 3. The van der Waals surface area contributed by atoms with Crippen LogP contribution >= 0.6 is 0 Å². The highest BCUT2D eigenvalue weighted by Crippen LogP contribution is 2.23. The second-order valence-electron chi connectivity index (χ2n) is 6.81. The number of carbonyl (C=O) groups excluding carboxylic acids is 2. The zero-order valence-corrected chi connectivity index (χ0v) is 15.7. The van der Waals surface area contributed by atoms with E-state index in [0.29, 0.717) is 18.9 Å². The van der Waals surface area contributed by atoms with Crippen LogP contribution in [0.15, 0.2) is 0 Å². The number of amides is 2. The normalized spacial score (nSPS) is 24.3. The molecule has 3 atom stereocenters. The van der Waals surface area contributed by atoms with Crippen molar-refractivity contribution < 1.29 is 32.1 Å². The average Bonchev–Trinajstić information content (AvgIpc) is 2.89. The monoisotopic (exact) mass is 378 g/mol. The zero-order valence-electron chi connectivity index (χ0n) is 14.9. The number of nitrogens with one attached hydrogen (secondary N) is 2. The summed E-state index contributed by atoms with van der Waals surface area (Å²) in [5, 5.41) is 14.4. The third kappa shape index (κ3) is 6.05. The molecule has 2 amide bonds. The fraction of sp³-hybridized carbons (Fsp3) is 0.800. The van der Waals surface area contributed by atoms with Crippen LogP contribution in [0.2, 0.25) is 0 Å². The van der Waals surface area contributed by atoms with Gasteiger partial charge in [-0.15, -0.1) is 0 Å². The summed E-state index contributed by atoms with van der Waals surface area (Å²) in [5.41, 5.74) is -2.42. The van der Waals surface area contributed by atoms with Gasteiger partial charge in [-0.3, -0.25) is 13.8 Å². The molecule has 1 rings (SSSR count). The van der Waals surface area contributed by atoms with Gasteiger partial charge in [0.05, 0.1) is 0 Å². The van der Waals surface area contributed by atoms with E-state index in [9.17, 15) is 23.7 Å². The Morgan fingerprint density at radius 3 is 2.28 bits per heavy atom. The van der Waals surface area contributed by atoms with E-state index in [4.69, 9.17) is 0 Å². The Balaban J connectivity index is 2.82. The number of carboxylic acid groups (broad SMARTS) is 1. The fourth-order valence-corrected chi connectivity index (χ4v) is 2.92. The van der Waals surface area contributed by atoms with Crippen molar-refractivity contribution in [2.24, 2.45) is 11.8 Å². The van der Waals surface area contributed by atoms with Gasteiger partial charge in [0.25, 0.3) is 11.5 Å². The highest BCUT2D eigenvalue weighted by atomic mass is 32.2. The predicted molar refractivity (Wildman–Crippen MR) is 89.4 cm³/mol. The van der Waals surface area contributed by atoms with Gasteiger partial charge in [-0.2, -0.15) is 4.21 Å². The first kappa shape index (κ1) is 21.5. The molecule has 1 fully saturated rings. The van der Waals surface area contributed by atoms with E-state index in [2.05, 4.69) is 19.0 Å². The van der Waals surface area contributed by atoms with Crippen LogP contribution in [0.5, 0.6) is 0 Å². The zero-order chi connectivity index (χ0) is 19.2. The van der Waals surface area contributed by atoms with Gasteiger partial charge in [-0.1, -0.05) is 27.7 Å². The molecule has 1 saturated heterocycles. The highest BCUT2D eigenvalue weighted by Gasteiger charge is 2.56. The first-order valence-corrected chi connectivity index (χ1v) is 9.15. The highest BCUT2D eigenvalue weighted by molar-refractivity contribution is 7.75. The molecule has 1 aliphatic heterocycles. The van der Waals surface area contributed by atoms with Crippen LogP contribution in [0, 0.1) is 11.8 Å². The van der Waals surface area contributed by atoms with Gasteiger partial charge in [0.1, 0.15) is 12.6 Å². The quantitative estimate of drug-likeness (QED) is 0.486. The SMILES string of the molecule is CC(C)CCNC(=O)[C@H](CC(C)C)NC(=O)[C@@]1(C(=O)O)COS(=O)O1. The lowest BCUT2D eigenvalue weighted by Gasteiger charge is -2.25. The maximum absolute atomic E-state index is 12.4. The number of rotatable bonds is 9. The van der Waals surface area contributed by atoms with Crippen LogP contribution in [0.25, 0.3) is 0 Å². The Bertz CT molecular complexity index is 538. The Morgan fingerprint density at radius 1 is 1.20 bits per heavy atom. The second-order valence-corrected chi connectivity index (χ2v) is 7.62. The van der Waals surface area contributed by atoms with Crippen LogP contribution in [-0.4, -0.2) is 51.9 Å². The molecular weight excluding hydrogens is 352 g/mol. The summed E-state index contributed by atoms with van der Waals surface area (Å²) in [6.45, 7) is 7.55. The molecule has 0 radical (unpaired) electrons. The topological polar surface area (TPSA) is 131 Å². The summed E-state index contributed by atoms with van der Waals surface area (Å²) in [4.78, 5) is 36.2. The molecule has 0 aromatic carbocycles. The summed E-state index contributed by atoms with van der Waals surface area (Å²) in [6.07, 6.45) is 1.10. The Morgan fingerprint density at radius 2 is 1.84 bits per heavy atom. The van der Waals surface area contributed by atoms with Crippen molar-refractivity contribution in [1.29, 1.82) is 0 Å². The fourth-order valence-electron chi connectivity index (χ4n) is 2.18. The molecule has 1 heterocycles. The molecule has 0 aromatic rings. The van der Waals surface area contributed by atoms with E-state index < -0.39 is 47.4 Å². The number of carboxylic acids is 1. The summed E-state index contributed by atoms with van der Waals surface area (Å²) in [6, 6.07) is -0.923. The van der Waals surface area contributed by atoms with Crippen LogP contribution in [0.3, 0.4) is 0 Å². The van der Waals surface area contributed by atoms with Gasteiger partial charge in [0, 0.05) is 6.54 Å². The van der Waals surface area contributed by atoms with Crippen LogP contribution in [-0.2, 0) is 34.1 Å². The van der Waals surface area contributed by atoms with E-state index >= 15 is 0 Å². The van der Waals surface area contributed by atoms with Crippen molar-refractivity contribution in [3.05, 3.63) is 0 Å². The van der Waals surface area contributed by atoms with E-state index in [0.717, 1.165) is 6.42 Å². The Labute approximate surface area is 149 Å². The van der Waals surface area contributed by atoms with Gasteiger partial charge in [-0.25, -0.2) is 8.98 Å². The van der Waals surface area contributed by atoms with Crippen LogP contribution in [0.1, 0.15) is 40.5 Å². The summed E-state index contributed by atoms with van der Waals surface area (Å²) < 4.78 is 20.5. The minimum absolute atomic E-state index is 0.0804. The Kier molecular flexibility index (Phi) is 7.97. The van der Waals surface area contributed by atoms with Gasteiger partial charge in [-0.05, 0) is 24.7 Å². The lowest BCUT2D eigenvalue weighted by atomic mass is 10.00. The third-order valence-corrected chi connectivity index (χ3v) is 4.36. The molecule has 1 aliphatic rings. The van der Waals surface area contributed by atoms with Crippen molar-refractivity contribution in [3.8, 4) is 0 Å². The number of hydrogen-bond acceptors (Lipinski definition) is 6. The first-order chi connectivity index (χ1) is 11.6. The summed E-state index contributed by atoms with van der Waals surface area (Å²) in [5.74, 6) is -2.59. The van der Waals surface area contributed by atoms with Crippen molar-refractivity contribution in [1.82, 2.24) is 10.6 Å².